The molecule has 2 fully saturated rings. The van der Waals surface area contributed by atoms with Gasteiger partial charge in [-0.1, -0.05) is 63.7 Å². The normalized spacial score (nSPS) is 38.1. The van der Waals surface area contributed by atoms with Crippen LogP contribution in [-0.2, 0) is 0 Å². The summed E-state index contributed by atoms with van der Waals surface area (Å²) in [5, 5.41) is 0. The molecule has 0 aromatic carbocycles. The lowest BCUT2D eigenvalue weighted by molar-refractivity contribution is 0.428. The maximum Gasteiger partial charge on any atom is 0.0541 e. The zero-order chi connectivity index (χ0) is 10.0. The Morgan fingerprint density at radius 1 is 0.786 bits per heavy atom. The van der Waals surface area contributed by atoms with E-state index < -0.39 is 8.07 Å². The van der Waals surface area contributed by atoms with E-state index in [0.29, 0.717) is 0 Å². The minimum absolute atomic E-state index is 0.746. The fraction of sp³-hybridized carbons (Fsp3) is 1.00. The molecule has 0 amide bonds. The van der Waals surface area contributed by atoms with Gasteiger partial charge in [0.05, 0.1) is 8.07 Å². The minimum atomic E-state index is -0.746. The highest BCUT2D eigenvalue weighted by atomic mass is 28.3. The molecule has 2 aliphatic heterocycles. The first-order valence-corrected chi connectivity index (χ1v) is 9.53. The smallest absolute Gasteiger partial charge is 0.0541 e. The molecular weight excluding hydrogens is 184 g/mol. The molecule has 14 heavy (non-hydrogen) atoms. The molecule has 1 heteroatoms. The van der Waals surface area contributed by atoms with Crippen molar-refractivity contribution in [3.63, 3.8) is 0 Å². The fourth-order valence-electron chi connectivity index (χ4n) is 4.30. The van der Waals surface area contributed by atoms with Gasteiger partial charge in [0.25, 0.3) is 0 Å². The Labute approximate surface area is 90.5 Å². The van der Waals surface area contributed by atoms with Crippen LogP contribution in [0.15, 0.2) is 0 Å². The molecule has 0 aromatic heterocycles. The molecule has 2 heterocycles. The zero-order valence-electron chi connectivity index (χ0n) is 10.0. The lowest BCUT2D eigenvalue weighted by Gasteiger charge is -2.41. The summed E-state index contributed by atoms with van der Waals surface area (Å²) in [6.07, 6.45) is 7.75. The molecule has 0 nitrogen and oxygen atoms in total. The second-order valence-electron chi connectivity index (χ2n) is 6.27. The molecule has 2 saturated heterocycles. The Balaban J connectivity index is 2.03. The molecule has 0 saturated carbocycles. The van der Waals surface area contributed by atoms with Gasteiger partial charge in [-0.2, -0.15) is 0 Å². The predicted molar refractivity (Wildman–Crippen MR) is 66.4 cm³/mol. The van der Waals surface area contributed by atoms with Crippen LogP contribution < -0.4 is 0 Å². The summed E-state index contributed by atoms with van der Waals surface area (Å²) in [7, 11) is -0.746. The maximum absolute atomic E-state index is 2.51. The van der Waals surface area contributed by atoms with Crippen molar-refractivity contribution in [1.82, 2.24) is 0 Å². The molecule has 0 aromatic rings. The van der Waals surface area contributed by atoms with Crippen LogP contribution in [0.5, 0.6) is 0 Å². The summed E-state index contributed by atoms with van der Waals surface area (Å²) >= 11 is 0. The van der Waals surface area contributed by atoms with Crippen molar-refractivity contribution < 1.29 is 0 Å². The third kappa shape index (κ3) is 2.42. The van der Waals surface area contributed by atoms with Crippen molar-refractivity contribution >= 4 is 8.07 Å². The van der Waals surface area contributed by atoms with Crippen LogP contribution in [0.4, 0.5) is 0 Å². The van der Waals surface area contributed by atoms with E-state index in [1.165, 1.54) is 19.3 Å². The minimum Gasteiger partial charge on any atom is -0.0628 e. The third-order valence-corrected chi connectivity index (χ3v) is 10.5. The van der Waals surface area contributed by atoms with Gasteiger partial charge in [0.15, 0.2) is 0 Å². The Hall–Kier alpha value is 0.217. The summed E-state index contributed by atoms with van der Waals surface area (Å²) in [6, 6.07) is 6.72. The quantitative estimate of drug-likeness (QED) is 0.509. The van der Waals surface area contributed by atoms with E-state index in [-0.39, 0.29) is 0 Å². The maximum atomic E-state index is 2.51. The molecule has 2 unspecified atom stereocenters. The Kier molecular flexibility index (Phi) is 3.36. The van der Waals surface area contributed by atoms with Crippen LogP contribution in [0.2, 0.25) is 24.2 Å². The summed E-state index contributed by atoms with van der Waals surface area (Å²) in [6.45, 7) is 5.02. The average molecular weight is 210 g/mol. The molecule has 0 radical (unpaired) electrons. The Bertz CT molecular complexity index is 168. The van der Waals surface area contributed by atoms with Crippen molar-refractivity contribution in [1.29, 1.82) is 0 Å². The van der Waals surface area contributed by atoms with Crippen LogP contribution in [0, 0.1) is 11.8 Å². The van der Waals surface area contributed by atoms with E-state index in [0.717, 1.165) is 11.8 Å². The largest absolute Gasteiger partial charge is 0.0628 e. The van der Waals surface area contributed by atoms with E-state index in [2.05, 4.69) is 13.8 Å². The molecule has 0 N–H and O–H groups in total. The summed E-state index contributed by atoms with van der Waals surface area (Å²) in [4.78, 5) is 0. The number of rotatable bonds is 0. The van der Waals surface area contributed by atoms with Gasteiger partial charge in [-0.15, -0.1) is 0 Å². The second kappa shape index (κ2) is 4.38. The van der Waals surface area contributed by atoms with E-state index in [9.17, 15) is 0 Å². The number of hydrogen-bond acceptors (Lipinski definition) is 0. The lowest BCUT2D eigenvalue weighted by atomic mass is 10.00. The first kappa shape index (κ1) is 10.7. The summed E-state index contributed by atoms with van der Waals surface area (Å²) < 4.78 is 0. The average Bonchev–Trinajstić information content (AvgIpc) is 2.28. The van der Waals surface area contributed by atoms with Crippen LogP contribution in [0.25, 0.3) is 0 Å². The van der Waals surface area contributed by atoms with E-state index in [1.807, 2.05) is 0 Å². The highest BCUT2D eigenvalue weighted by Gasteiger charge is 2.39. The summed E-state index contributed by atoms with van der Waals surface area (Å²) in [5.41, 5.74) is 0. The van der Waals surface area contributed by atoms with Gasteiger partial charge in [-0.05, 0) is 18.3 Å². The van der Waals surface area contributed by atoms with E-state index >= 15 is 0 Å². The van der Waals surface area contributed by atoms with Crippen molar-refractivity contribution in [2.24, 2.45) is 11.8 Å². The highest BCUT2D eigenvalue weighted by molar-refractivity contribution is 6.80. The molecule has 2 atom stereocenters. The van der Waals surface area contributed by atoms with Gasteiger partial charge in [-0.3, -0.25) is 0 Å². The van der Waals surface area contributed by atoms with Gasteiger partial charge >= 0.3 is 0 Å². The van der Waals surface area contributed by atoms with Gasteiger partial charge in [-0.25, -0.2) is 0 Å². The van der Waals surface area contributed by atoms with E-state index in [4.69, 9.17) is 0 Å². The van der Waals surface area contributed by atoms with Crippen molar-refractivity contribution in [2.75, 3.05) is 0 Å². The van der Waals surface area contributed by atoms with Gasteiger partial charge in [0, 0.05) is 0 Å². The SMILES string of the molecule is CC1CC(C)C[Si]2(CCCCCC2)C1. The van der Waals surface area contributed by atoms with Crippen molar-refractivity contribution in [2.45, 2.75) is 70.1 Å². The second-order valence-corrected chi connectivity index (χ2v) is 11.1. The summed E-state index contributed by atoms with van der Waals surface area (Å²) in [5.74, 6) is 2.12. The predicted octanol–water partition coefficient (Wildman–Crippen LogP) is 4.69. The van der Waals surface area contributed by atoms with Gasteiger partial charge in [0.1, 0.15) is 0 Å². The fourth-order valence-corrected chi connectivity index (χ4v) is 10.8. The molecule has 0 bridgehead atoms. The molecule has 2 aliphatic rings. The van der Waals surface area contributed by atoms with Crippen LogP contribution in [0.3, 0.4) is 0 Å². The van der Waals surface area contributed by atoms with Gasteiger partial charge < -0.3 is 0 Å². The van der Waals surface area contributed by atoms with Crippen molar-refractivity contribution in [3.8, 4) is 0 Å². The van der Waals surface area contributed by atoms with Gasteiger partial charge in [0.2, 0.25) is 0 Å². The Morgan fingerprint density at radius 2 is 1.29 bits per heavy atom. The molecule has 1 spiro atoms. The van der Waals surface area contributed by atoms with Crippen LogP contribution >= 0.6 is 0 Å². The van der Waals surface area contributed by atoms with Crippen molar-refractivity contribution in [3.05, 3.63) is 0 Å². The van der Waals surface area contributed by atoms with E-state index in [1.54, 1.807) is 37.0 Å². The first-order valence-electron chi connectivity index (χ1n) is 6.70. The molecule has 0 aliphatic carbocycles. The third-order valence-electron chi connectivity index (χ3n) is 4.53. The lowest BCUT2D eigenvalue weighted by Crippen LogP contribution is -2.40. The zero-order valence-corrected chi connectivity index (χ0v) is 11.0. The Morgan fingerprint density at radius 3 is 1.79 bits per heavy atom. The molecule has 82 valence electrons. The van der Waals surface area contributed by atoms with Crippen LogP contribution in [0.1, 0.15) is 46.0 Å². The standard InChI is InChI=1S/C13H26Si/c1-12-9-13(2)11-14(10-12)7-5-3-4-6-8-14/h12-13H,3-11H2,1-2H3. The molecule has 2 rings (SSSR count). The number of hydrogen-bond donors (Lipinski definition) is 0. The highest BCUT2D eigenvalue weighted by Crippen LogP contribution is 2.44. The van der Waals surface area contributed by atoms with Crippen LogP contribution in [-0.4, -0.2) is 8.07 Å². The molecular formula is C13H26Si. The topological polar surface area (TPSA) is 0 Å². The first-order chi connectivity index (χ1) is 6.70. The monoisotopic (exact) mass is 210 g/mol.